The van der Waals surface area contributed by atoms with Crippen LogP contribution >= 0.6 is 27.3 Å². The molecule has 3 nitrogen and oxygen atoms in total. The number of halogens is 1. The first-order valence-corrected chi connectivity index (χ1v) is 4.03. The number of rotatable bonds is 2. The summed E-state index contributed by atoms with van der Waals surface area (Å²) >= 11 is 4.59. The summed E-state index contributed by atoms with van der Waals surface area (Å²) < 4.78 is 10.7. The van der Waals surface area contributed by atoms with Crippen molar-refractivity contribution in [2.75, 3.05) is 0 Å². The SMILES string of the molecule is O=BC=Nc1ncc(Br)s1. The molecule has 0 fully saturated rings. The monoisotopic (exact) mass is 216 g/mol. The van der Waals surface area contributed by atoms with E-state index >= 15 is 0 Å². The molecule has 0 N–H and O–H groups in total. The molecule has 0 unspecified atom stereocenters. The van der Waals surface area contributed by atoms with E-state index in [9.17, 15) is 4.70 Å². The van der Waals surface area contributed by atoms with Gasteiger partial charge in [0.15, 0.2) is 0 Å². The molecule has 1 aromatic rings. The molecule has 0 saturated carbocycles. The van der Waals surface area contributed by atoms with Gasteiger partial charge >= 0.3 is 70.3 Å². The molecule has 10 heavy (non-hydrogen) atoms. The van der Waals surface area contributed by atoms with Gasteiger partial charge in [0.2, 0.25) is 0 Å². The van der Waals surface area contributed by atoms with Crippen molar-refractivity contribution in [3.63, 3.8) is 0 Å². The first kappa shape index (κ1) is 7.75. The van der Waals surface area contributed by atoms with Crippen molar-refractivity contribution in [2.24, 2.45) is 4.99 Å². The van der Waals surface area contributed by atoms with Crippen LogP contribution in [0.25, 0.3) is 0 Å². The molecule has 0 bridgehead atoms. The van der Waals surface area contributed by atoms with Gasteiger partial charge in [-0.3, -0.25) is 0 Å². The zero-order valence-corrected chi connectivity index (χ0v) is 7.22. The van der Waals surface area contributed by atoms with Crippen molar-refractivity contribution in [2.45, 2.75) is 0 Å². The number of hydrogen-bond acceptors (Lipinski definition) is 4. The van der Waals surface area contributed by atoms with Gasteiger partial charge in [0.05, 0.1) is 0 Å². The first-order valence-electron chi connectivity index (χ1n) is 2.42. The number of aromatic nitrogens is 1. The van der Waals surface area contributed by atoms with E-state index in [0.29, 0.717) is 12.3 Å². The number of aliphatic imine (C=N–C) groups is 1. The molecule has 0 aromatic carbocycles. The van der Waals surface area contributed by atoms with Gasteiger partial charge in [0.1, 0.15) is 0 Å². The van der Waals surface area contributed by atoms with Gasteiger partial charge in [0, 0.05) is 0 Å². The summed E-state index contributed by atoms with van der Waals surface area (Å²) in [5, 5.41) is 0.582. The minimum atomic E-state index is 0.582. The average Bonchev–Trinajstić information content (AvgIpc) is 2.31. The van der Waals surface area contributed by atoms with Crippen molar-refractivity contribution in [1.82, 2.24) is 4.98 Å². The van der Waals surface area contributed by atoms with E-state index in [0.717, 1.165) is 3.79 Å². The van der Waals surface area contributed by atoms with E-state index in [1.165, 1.54) is 17.5 Å². The van der Waals surface area contributed by atoms with Gasteiger partial charge in [0.25, 0.3) is 0 Å². The fourth-order valence-electron chi connectivity index (χ4n) is 0.400. The van der Waals surface area contributed by atoms with Crippen molar-refractivity contribution < 1.29 is 4.70 Å². The third-order valence-corrected chi connectivity index (χ3v) is 2.10. The van der Waals surface area contributed by atoms with E-state index in [1.54, 1.807) is 6.20 Å². The van der Waals surface area contributed by atoms with E-state index in [1.807, 2.05) is 0 Å². The van der Waals surface area contributed by atoms with Gasteiger partial charge in [-0.1, -0.05) is 0 Å². The zero-order chi connectivity index (χ0) is 7.40. The van der Waals surface area contributed by atoms with Crippen LogP contribution in [0.4, 0.5) is 5.13 Å². The third-order valence-electron chi connectivity index (χ3n) is 0.711. The van der Waals surface area contributed by atoms with Crippen LogP contribution in [0.1, 0.15) is 0 Å². The fourth-order valence-corrected chi connectivity index (χ4v) is 1.44. The van der Waals surface area contributed by atoms with E-state index in [2.05, 4.69) is 25.9 Å². The molecule has 0 radical (unpaired) electrons. The van der Waals surface area contributed by atoms with Crippen LogP contribution in [0.3, 0.4) is 0 Å². The van der Waals surface area contributed by atoms with Crippen LogP contribution in [0.5, 0.6) is 0 Å². The Hall–Kier alpha value is -0.355. The van der Waals surface area contributed by atoms with Crippen LogP contribution in [-0.2, 0) is 4.70 Å². The minimum absolute atomic E-state index is 0.582. The summed E-state index contributed by atoms with van der Waals surface area (Å²) in [6.45, 7) is 0. The molecule has 0 aliphatic carbocycles. The predicted octanol–water partition coefficient (Wildman–Crippen LogP) is 1.62. The zero-order valence-electron chi connectivity index (χ0n) is 4.82. The van der Waals surface area contributed by atoms with E-state index in [-0.39, 0.29) is 0 Å². The molecule has 1 heterocycles. The standard InChI is InChI=1S/C4H2BBrN2OS/c6-3-1-7-4(10-3)8-2-5-9/h1-2H. The Balaban J connectivity index is 2.75. The van der Waals surface area contributed by atoms with Crippen molar-refractivity contribution in [3.8, 4) is 0 Å². The summed E-state index contributed by atoms with van der Waals surface area (Å²) in [5.41, 5.74) is 0. The Labute approximate surface area is 70.6 Å². The fraction of sp³-hybridized carbons (Fsp3) is 0. The summed E-state index contributed by atoms with van der Waals surface area (Å²) in [6, 6.07) is 0. The van der Waals surface area contributed by atoms with Gasteiger partial charge in [-0.25, -0.2) is 0 Å². The normalized spacial score (nSPS) is 10.1. The number of hydrogen-bond donors (Lipinski definition) is 0. The van der Waals surface area contributed by atoms with Crippen LogP contribution in [0, 0.1) is 0 Å². The molecular weight excluding hydrogens is 215 g/mol. The molecule has 1 aromatic heterocycles. The van der Waals surface area contributed by atoms with Gasteiger partial charge < -0.3 is 0 Å². The topological polar surface area (TPSA) is 42.3 Å². The Morgan fingerprint density at radius 2 is 2.70 bits per heavy atom. The van der Waals surface area contributed by atoms with Crippen LogP contribution in [0.15, 0.2) is 15.0 Å². The first-order chi connectivity index (χ1) is 4.83. The van der Waals surface area contributed by atoms with Crippen molar-refractivity contribution in [1.29, 1.82) is 0 Å². The molecule has 0 spiro atoms. The average molecular weight is 217 g/mol. The maximum atomic E-state index is 9.80. The second-order valence-electron chi connectivity index (χ2n) is 1.36. The summed E-state index contributed by atoms with van der Waals surface area (Å²) in [5.74, 6) is 0. The number of thiazole rings is 1. The summed E-state index contributed by atoms with van der Waals surface area (Å²) in [4.78, 5) is 7.60. The second-order valence-corrected chi connectivity index (χ2v) is 3.75. The van der Waals surface area contributed by atoms with E-state index in [4.69, 9.17) is 0 Å². The molecule has 0 aliphatic heterocycles. The van der Waals surface area contributed by atoms with Gasteiger partial charge in [-0.05, 0) is 0 Å². The quantitative estimate of drug-likeness (QED) is 0.557. The number of nitrogens with zero attached hydrogens (tertiary/aromatic N) is 2. The molecule has 0 atom stereocenters. The summed E-state index contributed by atoms with van der Waals surface area (Å²) in [7, 11) is 0.620. The van der Waals surface area contributed by atoms with E-state index < -0.39 is 0 Å². The van der Waals surface area contributed by atoms with Crippen LogP contribution in [-0.4, -0.2) is 18.2 Å². The molecular formula is C4H2BBrN2OS. The summed E-state index contributed by atoms with van der Waals surface area (Å²) in [6.07, 6.45) is 2.81. The second kappa shape index (κ2) is 3.73. The molecule has 6 heteroatoms. The Bertz CT molecular complexity index is 262. The molecule has 0 amide bonds. The molecule has 1 rings (SSSR count). The molecule has 0 aliphatic rings. The maximum absolute atomic E-state index is 9.80. The van der Waals surface area contributed by atoms with Crippen molar-refractivity contribution >= 4 is 45.7 Å². The Morgan fingerprint density at radius 1 is 1.90 bits per heavy atom. The molecule has 0 saturated heterocycles. The molecule has 50 valence electrons. The van der Waals surface area contributed by atoms with Crippen LogP contribution < -0.4 is 0 Å². The van der Waals surface area contributed by atoms with Gasteiger partial charge in [-0.2, -0.15) is 0 Å². The van der Waals surface area contributed by atoms with Gasteiger partial charge in [-0.15, -0.1) is 0 Å². The predicted molar refractivity (Wildman–Crippen MR) is 44.4 cm³/mol. The van der Waals surface area contributed by atoms with Crippen LogP contribution in [0.2, 0.25) is 0 Å². The Kier molecular flexibility index (Phi) is 2.89. The Morgan fingerprint density at radius 3 is 3.20 bits per heavy atom. The third kappa shape index (κ3) is 2.11. The van der Waals surface area contributed by atoms with Crippen molar-refractivity contribution in [3.05, 3.63) is 9.98 Å².